The molecular formula is C23H19Cl2N3O. The SMILES string of the molecule is CN1C(=O)CN(/N=C/c2ccccc2Cl)C(c2ccccc2)c2cc(Cl)ccc21. The van der Waals surface area contributed by atoms with E-state index in [4.69, 9.17) is 23.2 Å². The van der Waals surface area contributed by atoms with Crippen LogP contribution in [-0.2, 0) is 4.79 Å². The molecule has 0 spiro atoms. The van der Waals surface area contributed by atoms with Gasteiger partial charge in [-0.1, -0.05) is 71.7 Å². The molecule has 0 saturated carbocycles. The number of rotatable bonds is 3. The summed E-state index contributed by atoms with van der Waals surface area (Å²) in [7, 11) is 1.78. The molecule has 0 radical (unpaired) electrons. The quantitative estimate of drug-likeness (QED) is 0.529. The van der Waals surface area contributed by atoms with Crippen LogP contribution in [0.2, 0.25) is 10.0 Å². The van der Waals surface area contributed by atoms with Gasteiger partial charge in [-0.15, -0.1) is 0 Å². The van der Waals surface area contributed by atoms with E-state index < -0.39 is 0 Å². The van der Waals surface area contributed by atoms with Gasteiger partial charge >= 0.3 is 0 Å². The molecule has 0 saturated heterocycles. The lowest BCUT2D eigenvalue weighted by molar-refractivity contribution is -0.119. The highest BCUT2D eigenvalue weighted by Gasteiger charge is 2.32. The second kappa shape index (κ2) is 8.27. The molecule has 0 fully saturated rings. The van der Waals surface area contributed by atoms with Gasteiger partial charge in [-0.05, 0) is 29.8 Å². The summed E-state index contributed by atoms with van der Waals surface area (Å²) in [4.78, 5) is 14.5. The standard InChI is InChI=1S/C23H19Cl2N3O/c1-27-21-12-11-18(24)13-19(21)23(16-7-3-2-4-8-16)28(15-22(27)29)26-14-17-9-5-6-10-20(17)25/h2-14,23H,15H2,1H3/b26-14+. The molecule has 0 N–H and O–H groups in total. The topological polar surface area (TPSA) is 35.9 Å². The van der Waals surface area contributed by atoms with Crippen molar-refractivity contribution in [2.24, 2.45) is 5.10 Å². The number of carbonyl (C=O) groups is 1. The summed E-state index contributed by atoms with van der Waals surface area (Å²) in [5, 5.41) is 7.69. The predicted octanol–water partition coefficient (Wildman–Crippen LogP) is 5.40. The Hall–Kier alpha value is -2.82. The number of carbonyl (C=O) groups excluding carboxylic acids is 1. The van der Waals surface area contributed by atoms with E-state index in [1.165, 1.54) is 0 Å². The number of anilines is 1. The smallest absolute Gasteiger partial charge is 0.248 e. The summed E-state index contributed by atoms with van der Waals surface area (Å²) in [6, 6.07) is 22.8. The highest BCUT2D eigenvalue weighted by Crippen LogP contribution is 2.39. The summed E-state index contributed by atoms with van der Waals surface area (Å²) in [6.07, 6.45) is 1.70. The minimum absolute atomic E-state index is 0.0525. The largest absolute Gasteiger partial charge is 0.314 e. The molecule has 29 heavy (non-hydrogen) atoms. The normalized spacial score (nSPS) is 16.8. The van der Waals surface area contributed by atoms with Gasteiger partial charge in [-0.3, -0.25) is 9.80 Å². The molecule has 4 nitrogen and oxygen atoms in total. The van der Waals surface area contributed by atoms with Gasteiger partial charge < -0.3 is 4.90 Å². The van der Waals surface area contributed by atoms with Crippen molar-refractivity contribution in [3.8, 4) is 0 Å². The van der Waals surface area contributed by atoms with Crippen LogP contribution in [0.3, 0.4) is 0 Å². The van der Waals surface area contributed by atoms with E-state index >= 15 is 0 Å². The number of hydrogen-bond donors (Lipinski definition) is 0. The first-order valence-electron chi connectivity index (χ1n) is 9.20. The van der Waals surface area contributed by atoms with Crippen LogP contribution in [0.25, 0.3) is 0 Å². The van der Waals surface area contributed by atoms with Crippen molar-refractivity contribution in [1.29, 1.82) is 0 Å². The third kappa shape index (κ3) is 4.00. The van der Waals surface area contributed by atoms with Crippen molar-refractivity contribution >= 4 is 41.0 Å². The summed E-state index contributed by atoms with van der Waals surface area (Å²) in [5.74, 6) is -0.0525. The number of nitrogens with zero attached hydrogens (tertiary/aromatic N) is 3. The average Bonchev–Trinajstić information content (AvgIpc) is 2.82. The van der Waals surface area contributed by atoms with Gasteiger partial charge in [0, 0.05) is 33.9 Å². The van der Waals surface area contributed by atoms with Crippen molar-refractivity contribution in [3.63, 3.8) is 0 Å². The molecule has 1 unspecified atom stereocenters. The first-order chi connectivity index (χ1) is 14.0. The van der Waals surface area contributed by atoms with E-state index in [0.717, 1.165) is 22.4 Å². The Bertz CT molecular complexity index is 1070. The van der Waals surface area contributed by atoms with Crippen molar-refractivity contribution in [3.05, 3.63) is 99.5 Å². The molecule has 1 amide bonds. The van der Waals surface area contributed by atoms with Gasteiger partial charge in [0.05, 0.1) is 12.3 Å². The highest BCUT2D eigenvalue weighted by molar-refractivity contribution is 6.33. The van der Waals surface area contributed by atoms with Crippen LogP contribution in [0.15, 0.2) is 77.9 Å². The Balaban J connectivity index is 1.86. The van der Waals surface area contributed by atoms with Crippen molar-refractivity contribution in [2.45, 2.75) is 6.04 Å². The minimum atomic E-state index is -0.266. The first-order valence-corrected chi connectivity index (χ1v) is 9.96. The van der Waals surface area contributed by atoms with E-state index in [0.29, 0.717) is 10.0 Å². The van der Waals surface area contributed by atoms with E-state index in [1.807, 2.05) is 66.7 Å². The number of hydrazone groups is 1. The van der Waals surface area contributed by atoms with Crippen molar-refractivity contribution in [2.75, 3.05) is 18.5 Å². The minimum Gasteiger partial charge on any atom is -0.314 e. The van der Waals surface area contributed by atoms with E-state index in [1.54, 1.807) is 29.2 Å². The fraction of sp³-hybridized carbons (Fsp3) is 0.130. The molecule has 146 valence electrons. The van der Waals surface area contributed by atoms with Crippen LogP contribution in [-0.4, -0.2) is 30.7 Å². The molecule has 1 heterocycles. The summed E-state index contributed by atoms with van der Waals surface area (Å²) >= 11 is 12.6. The second-order valence-electron chi connectivity index (χ2n) is 6.83. The zero-order valence-electron chi connectivity index (χ0n) is 15.8. The second-order valence-corrected chi connectivity index (χ2v) is 7.68. The van der Waals surface area contributed by atoms with Crippen LogP contribution >= 0.6 is 23.2 Å². The van der Waals surface area contributed by atoms with Gasteiger partial charge in [0.25, 0.3) is 0 Å². The lowest BCUT2D eigenvalue weighted by Crippen LogP contribution is -2.34. The molecular weight excluding hydrogens is 405 g/mol. The summed E-state index contributed by atoms with van der Waals surface area (Å²) in [5.41, 5.74) is 3.56. The molecule has 3 aromatic carbocycles. The number of benzene rings is 3. The third-order valence-corrected chi connectivity index (χ3v) is 5.56. The van der Waals surface area contributed by atoms with Gasteiger partial charge in [-0.2, -0.15) is 5.10 Å². The Labute approximate surface area is 180 Å². The number of halogens is 2. The summed E-state index contributed by atoms with van der Waals surface area (Å²) < 4.78 is 0. The Morgan fingerprint density at radius 3 is 2.48 bits per heavy atom. The maximum atomic E-state index is 12.9. The fourth-order valence-electron chi connectivity index (χ4n) is 3.49. The van der Waals surface area contributed by atoms with Crippen LogP contribution in [0, 0.1) is 0 Å². The van der Waals surface area contributed by atoms with Crippen molar-refractivity contribution in [1.82, 2.24) is 5.01 Å². The monoisotopic (exact) mass is 423 g/mol. The number of fused-ring (bicyclic) bond motifs is 1. The Morgan fingerprint density at radius 1 is 1.00 bits per heavy atom. The van der Waals surface area contributed by atoms with E-state index in [2.05, 4.69) is 5.10 Å². The highest BCUT2D eigenvalue weighted by atomic mass is 35.5. The molecule has 0 aromatic heterocycles. The van der Waals surface area contributed by atoms with Crippen molar-refractivity contribution < 1.29 is 4.79 Å². The maximum absolute atomic E-state index is 12.9. The average molecular weight is 424 g/mol. The van der Waals surface area contributed by atoms with Gasteiger partial charge in [0.2, 0.25) is 5.91 Å². The Morgan fingerprint density at radius 2 is 1.72 bits per heavy atom. The molecule has 1 aliphatic rings. The predicted molar refractivity (Wildman–Crippen MR) is 119 cm³/mol. The lowest BCUT2D eigenvalue weighted by atomic mass is 9.97. The molecule has 1 aliphatic heterocycles. The van der Waals surface area contributed by atoms with Crippen LogP contribution in [0.4, 0.5) is 5.69 Å². The number of likely N-dealkylation sites (N-methyl/N-ethyl adjacent to an activating group) is 1. The van der Waals surface area contributed by atoms with Crippen LogP contribution in [0.5, 0.6) is 0 Å². The van der Waals surface area contributed by atoms with E-state index in [-0.39, 0.29) is 18.5 Å². The molecule has 0 aliphatic carbocycles. The van der Waals surface area contributed by atoms with Crippen LogP contribution in [0.1, 0.15) is 22.7 Å². The number of hydrogen-bond acceptors (Lipinski definition) is 3. The number of amides is 1. The van der Waals surface area contributed by atoms with Gasteiger partial charge in [0.1, 0.15) is 6.54 Å². The fourth-order valence-corrected chi connectivity index (χ4v) is 3.86. The first kappa shape index (κ1) is 19.5. The molecule has 4 rings (SSSR count). The lowest BCUT2D eigenvalue weighted by Gasteiger charge is -2.28. The molecule has 3 aromatic rings. The maximum Gasteiger partial charge on any atom is 0.248 e. The summed E-state index contributed by atoms with van der Waals surface area (Å²) in [6.45, 7) is 0.128. The zero-order valence-corrected chi connectivity index (χ0v) is 17.3. The molecule has 0 bridgehead atoms. The Kier molecular flexibility index (Phi) is 5.56. The third-order valence-electron chi connectivity index (χ3n) is 4.98. The molecule has 1 atom stereocenters. The van der Waals surface area contributed by atoms with Gasteiger partial charge in [0.15, 0.2) is 0 Å². The zero-order chi connectivity index (χ0) is 20.4. The molecule has 6 heteroatoms. The van der Waals surface area contributed by atoms with Gasteiger partial charge in [-0.25, -0.2) is 0 Å². The van der Waals surface area contributed by atoms with E-state index in [9.17, 15) is 4.79 Å². The van der Waals surface area contributed by atoms with Crippen LogP contribution < -0.4 is 4.90 Å².